The SMILES string of the molecule is CCCCCCCCC1CCC2C3CC=C4CC(OC(=O)Oc5ccccc5CC)CCC4(C)C3CCC12C. The standard InChI is InChI=1S/C36H54O3/c1-5-7-8-9-10-11-15-27-18-20-31-30-19-17-28-25-29(21-23-36(28,4)32(30)22-24-35(27,31)3)38-34(37)39-33-16-13-12-14-26(33)6-2/h12-14,16-17,27,29-32H,5-11,15,18-25H2,1-4H3. The summed E-state index contributed by atoms with van der Waals surface area (Å²) in [5.74, 6) is 4.12. The highest BCUT2D eigenvalue weighted by Crippen LogP contribution is 2.66. The highest BCUT2D eigenvalue weighted by molar-refractivity contribution is 5.64. The van der Waals surface area contributed by atoms with Crippen molar-refractivity contribution in [1.82, 2.24) is 0 Å². The van der Waals surface area contributed by atoms with E-state index in [1.807, 2.05) is 24.3 Å². The molecule has 3 saturated carbocycles. The van der Waals surface area contributed by atoms with Gasteiger partial charge in [0.1, 0.15) is 11.9 Å². The number of carbonyl (C=O) groups is 1. The lowest BCUT2D eigenvalue weighted by Gasteiger charge is -2.58. The van der Waals surface area contributed by atoms with Crippen molar-refractivity contribution in [3.05, 3.63) is 41.5 Å². The number of carbonyl (C=O) groups excluding carboxylic acids is 1. The molecule has 3 heteroatoms. The van der Waals surface area contributed by atoms with Crippen LogP contribution >= 0.6 is 0 Å². The van der Waals surface area contributed by atoms with E-state index in [2.05, 4.69) is 33.8 Å². The average molecular weight is 535 g/mol. The van der Waals surface area contributed by atoms with Gasteiger partial charge in [0.15, 0.2) is 0 Å². The molecule has 5 rings (SSSR count). The molecule has 0 amide bonds. The number of ether oxygens (including phenoxy) is 2. The molecular weight excluding hydrogens is 480 g/mol. The lowest BCUT2D eigenvalue weighted by molar-refractivity contribution is -0.0538. The van der Waals surface area contributed by atoms with Crippen molar-refractivity contribution in [1.29, 1.82) is 0 Å². The largest absolute Gasteiger partial charge is 0.514 e. The van der Waals surface area contributed by atoms with Gasteiger partial charge < -0.3 is 9.47 Å². The monoisotopic (exact) mass is 534 g/mol. The van der Waals surface area contributed by atoms with E-state index >= 15 is 0 Å². The fraction of sp³-hybridized carbons (Fsp3) is 0.750. The maximum atomic E-state index is 12.7. The maximum Gasteiger partial charge on any atom is 0.514 e. The van der Waals surface area contributed by atoms with Crippen molar-refractivity contribution in [3.8, 4) is 5.75 Å². The van der Waals surface area contributed by atoms with Crippen molar-refractivity contribution in [2.24, 2.45) is 34.5 Å². The molecule has 0 saturated heterocycles. The van der Waals surface area contributed by atoms with Crippen LogP contribution in [0.3, 0.4) is 0 Å². The van der Waals surface area contributed by atoms with E-state index in [-0.39, 0.29) is 11.5 Å². The molecule has 1 aromatic rings. The summed E-state index contributed by atoms with van der Waals surface area (Å²) in [5.41, 5.74) is 3.44. The van der Waals surface area contributed by atoms with Gasteiger partial charge in [0.2, 0.25) is 0 Å². The van der Waals surface area contributed by atoms with E-state index < -0.39 is 6.16 Å². The van der Waals surface area contributed by atoms with Crippen LogP contribution in [0.4, 0.5) is 4.79 Å². The Morgan fingerprint density at radius 3 is 2.54 bits per heavy atom. The minimum absolute atomic E-state index is 0.0655. The minimum atomic E-state index is -0.547. The molecule has 0 bridgehead atoms. The number of unbranched alkanes of at least 4 members (excludes halogenated alkanes) is 5. The van der Waals surface area contributed by atoms with E-state index in [1.54, 1.807) is 5.57 Å². The lowest BCUT2D eigenvalue weighted by Crippen LogP contribution is -2.50. The zero-order valence-corrected chi connectivity index (χ0v) is 25.3. The van der Waals surface area contributed by atoms with Crippen LogP contribution in [0, 0.1) is 34.5 Å². The van der Waals surface area contributed by atoms with Crippen molar-refractivity contribution in [3.63, 3.8) is 0 Å². The predicted molar refractivity (Wildman–Crippen MR) is 160 cm³/mol. The van der Waals surface area contributed by atoms with E-state index in [9.17, 15) is 4.79 Å². The van der Waals surface area contributed by atoms with Gasteiger partial charge in [-0.05, 0) is 104 Å². The van der Waals surface area contributed by atoms with Gasteiger partial charge in [0.05, 0.1) is 0 Å². The maximum absolute atomic E-state index is 12.7. The number of allylic oxidation sites excluding steroid dienone is 1. The van der Waals surface area contributed by atoms with Crippen LogP contribution in [-0.4, -0.2) is 12.3 Å². The topological polar surface area (TPSA) is 35.5 Å². The first-order valence-corrected chi connectivity index (χ1v) is 16.5. The van der Waals surface area contributed by atoms with Gasteiger partial charge in [-0.2, -0.15) is 0 Å². The summed E-state index contributed by atoms with van der Waals surface area (Å²) in [6.07, 6.45) is 22.7. The summed E-state index contributed by atoms with van der Waals surface area (Å²) in [6, 6.07) is 7.76. The van der Waals surface area contributed by atoms with E-state index in [4.69, 9.17) is 9.47 Å². The molecule has 4 aliphatic rings. The summed E-state index contributed by atoms with van der Waals surface area (Å²) < 4.78 is 11.5. The molecule has 0 heterocycles. The molecule has 0 aliphatic heterocycles. The molecule has 3 fully saturated rings. The second-order valence-electron chi connectivity index (χ2n) is 13.9. The van der Waals surface area contributed by atoms with Crippen LogP contribution in [0.25, 0.3) is 0 Å². The van der Waals surface area contributed by atoms with Crippen LogP contribution in [0.2, 0.25) is 0 Å². The van der Waals surface area contributed by atoms with Gasteiger partial charge in [0.25, 0.3) is 0 Å². The Kier molecular flexibility index (Phi) is 9.14. The zero-order chi connectivity index (χ0) is 27.5. The quantitative estimate of drug-likeness (QED) is 0.130. The first kappa shape index (κ1) is 28.7. The van der Waals surface area contributed by atoms with Crippen molar-refractivity contribution in [2.45, 2.75) is 137 Å². The molecule has 7 atom stereocenters. The Balaban J connectivity index is 1.18. The van der Waals surface area contributed by atoms with Crippen LogP contribution < -0.4 is 4.74 Å². The number of benzene rings is 1. The first-order chi connectivity index (χ1) is 18.9. The molecule has 0 N–H and O–H groups in total. The number of para-hydroxylation sites is 1. The van der Waals surface area contributed by atoms with Gasteiger partial charge >= 0.3 is 6.16 Å². The molecule has 0 aromatic heterocycles. The lowest BCUT2D eigenvalue weighted by atomic mass is 9.47. The van der Waals surface area contributed by atoms with Gasteiger partial charge in [-0.3, -0.25) is 0 Å². The third-order valence-electron chi connectivity index (χ3n) is 12.0. The zero-order valence-electron chi connectivity index (χ0n) is 25.3. The van der Waals surface area contributed by atoms with Gasteiger partial charge in [-0.25, -0.2) is 4.79 Å². The van der Waals surface area contributed by atoms with E-state index in [0.717, 1.165) is 54.9 Å². The predicted octanol–water partition coefficient (Wildman–Crippen LogP) is 10.5. The Hall–Kier alpha value is -1.77. The fourth-order valence-corrected chi connectivity index (χ4v) is 9.63. The Bertz CT molecular complexity index is 1010. The molecule has 0 spiro atoms. The third kappa shape index (κ3) is 5.84. The van der Waals surface area contributed by atoms with Gasteiger partial charge in [0, 0.05) is 6.42 Å². The van der Waals surface area contributed by atoms with Gasteiger partial charge in [-0.1, -0.05) is 96.1 Å². The number of aryl methyl sites for hydroxylation is 1. The molecule has 3 nitrogen and oxygen atoms in total. The highest BCUT2D eigenvalue weighted by Gasteiger charge is 2.58. The first-order valence-electron chi connectivity index (χ1n) is 16.5. The smallest absolute Gasteiger partial charge is 0.430 e. The van der Waals surface area contributed by atoms with Crippen LogP contribution in [0.15, 0.2) is 35.9 Å². The summed E-state index contributed by atoms with van der Waals surface area (Å²) >= 11 is 0. The van der Waals surface area contributed by atoms with Crippen molar-refractivity contribution in [2.75, 3.05) is 0 Å². The van der Waals surface area contributed by atoms with Crippen LogP contribution in [0.5, 0.6) is 5.75 Å². The molecular formula is C36H54O3. The fourth-order valence-electron chi connectivity index (χ4n) is 9.63. The second-order valence-corrected chi connectivity index (χ2v) is 13.9. The average Bonchev–Trinajstić information content (AvgIpc) is 3.27. The van der Waals surface area contributed by atoms with E-state index in [0.29, 0.717) is 11.2 Å². The minimum Gasteiger partial charge on any atom is -0.430 e. The molecule has 0 radical (unpaired) electrons. The summed E-state index contributed by atoms with van der Waals surface area (Å²) in [7, 11) is 0. The van der Waals surface area contributed by atoms with Crippen LogP contribution in [-0.2, 0) is 11.2 Å². The summed E-state index contributed by atoms with van der Waals surface area (Å²) in [5, 5.41) is 0. The molecule has 39 heavy (non-hydrogen) atoms. The second kappa shape index (κ2) is 12.4. The summed E-state index contributed by atoms with van der Waals surface area (Å²) in [6.45, 7) is 9.61. The molecule has 216 valence electrons. The third-order valence-corrected chi connectivity index (χ3v) is 12.0. The number of rotatable bonds is 10. The molecule has 1 aromatic carbocycles. The van der Waals surface area contributed by atoms with Crippen LogP contribution in [0.1, 0.15) is 130 Å². The summed E-state index contributed by atoms with van der Waals surface area (Å²) in [4.78, 5) is 12.7. The molecule has 4 aliphatic carbocycles. The Morgan fingerprint density at radius 1 is 0.923 bits per heavy atom. The van der Waals surface area contributed by atoms with Gasteiger partial charge in [-0.15, -0.1) is 0 Å². The number of hydrogen-bond acceptors (Lipinski definition) is 3. The number of hydrogen-bond donors (Lipinski definition) is 0. The molecule has 7 unspecified atom stereocenters. The Morgan fingerprint density at radius 2 is 1.72 bits per heavy atom. The highest BCUT2D eigenvalue weighted by atomic mass is 16.7. The normalized spacial score (nSPS) is 35.4. The van der Waals surface area contributed by atoms with E-state index in [1.165, 1.54) is 77.0 Å². The Labute approximate surface area is 238 Å². The van der Waals surface area contributed by atoms with Crippen molar-refractivity contribution < 1.29 is 14.3 Å². The van der Waals surface area contributed by atoms with Crippen molar-refractivity contribution >= 4 is 6.16 Å². The number of fused-ring (bicyclic) bond motifs is 5.